The lowest BCUT2D eigenvalue weighted by Gasteiger charge is -2.34. The van der Waals surface area contributed by atoms with Crippen LogP contribution in [0.1, 0.15) is 12.2 Å². The predicted molar refractivity (Wildman–Crippen MR) is 107 cm³/mol. The second-order valence-corrected chi connectivity index (χ2v) is 7.51. The first-order valence-electron chi connectivity index (χ1n) is 9.74. The number of piperazine rings is 1. The number of hydrogen-bond donors (Lipinski definition) is 1. The van der Waals surface area contributed by atoms with E-state index in [1.807, 2.05) is 18.2 Å². The third kappa shape index (κ3) is 4.04. The maximum Gasteiger partial charge on any atom is 0.227 e. The zero-order chi connectivity index (χ0) is 19.5. The normalized spacial score (nSPS) is 20.6. The van der Waals surface area contributed by atoms with Crippen molar-refractivity contribution in [3.8, 4) is 0 Å². The molecule has 1 aromatic carbocycles. The fourth-order valence-corrected chi connectivity index (χ4v) is 3.77. The molecule has 2 aliphatic rings. The first-order valence-corrected chi connectivity index (χ1v) is 9.74. The Morgan fingerprint density at radius 2 is 1.82 bits per heavy atom. The van der Waals surface area contributed by atoms with Crippen LogP contribution in [-0.4, -0.2) is 56.5 Å². The highest BCUT2D eigenvalue weighted by atomic mass is 16.3. The van der Waals surface area contributed by atoms with Crippen LogP contribution in [0.5, 0.6) is 0 Å². The number of likely N-dealkylation sites (N-methyl/N-ethyl adjacent to an activating group) is 1. The van der Waals surface area contributed by atoms with Gasteiger partial charge < -0.3 is 24.4 Å². The lowest BCUT2D eigenvalue weighted by atomic mass is 10.1. The Bertz CT molecular complexity index is 811. The van der Waals surface area contributed by atoms with Crippen LogP contribution >= 0.6 is 0 Å². The van der Waals surface area contributed by atoms with Gasteiger partial charge >= 0.3 is 0 Å². The molecule has 1 aromatic heterocycles. The third-order valence-electron chi connectivity index (χ3n) is 5.54. The summed E-state index contributed by atoms with van der Waals surface area (Å²) in [5, 5.41) is 2.85. The van der Waals surface area contributed by atoms with Crippen molar-refractivity contribution in [3.63, 3.8) is 0 Å². The van der Waals surface area contributed by atoms with Gasteiger partial charge in [-0.05, 0) is 43.4 Å². The summed E-state index contributed by atoms with van der Waals surface area (Å²) in [6.45, 7) is 4.89. The van der Waals surface area contributed by atoms with E-state index in [9.17, 15) is 9.59 Å². The summed E-state index contributed by atoms with van der Waals surface area (Å²) >= 11 is 0. The van der Waals surface area contributed by atoms with Gasteiger partial charge in [0.15, 0.2) is 0 Å². The quantitative estimate of drug-likeness (QED) is 0.853. The first-order chi connectivity index (χ1) is 13.6. The van der Waals surface area contributed by atoms with Crippen molar-refractivity contribution in [2.75, 3.05) is 49.6 Å². The summed E-state index contributed by atoms with van der Waals surface area (Å²) < 4.78 is 5.23. The Morgan fingerprint density at radius 1 is 1.11 bits per heavy atom. The number of amides is 2. The number of furan rings is 1. The predicted octanol–water partition coefficient (Wildman–Crippen LogP) is 1.70. The van der Waals surface area contributed by atoms with E-state index in [2.05, 4.69) is 34.3 Å². The number of rotatable bonds is 5. The van der Waals surface area contributed by atoms with Gasteiger partial charge in [-0.3, -0.25) is 9.59 Å². The Morgan fingerprint density at radius 3 is 2.50 bits per heavy atom. The average molecular weight is 382 g/mol. The number of carbonyl (C=O) groups is 2. The summed E-state index contributed by atoms with van der Waals surface area (Å²) in [7, 11) is 2.14. The van der Waals surface area contributed by atoms with Gasteiger partial charge in [-0.2, -0.15) is 0 Å². The zero-order valence-electron chi connectivity index (χ0n) is 16.1. The highest BCUT2D eigenvalue weighted by molar-refractivity contribution is 6.00. The molecule has 2 saturated heterocycles. The monoisotopic (exact) mass is 382 g/mol. The van der Waals surface area contributed by atoms with Gasteiger partial charge in [0.1, 0.15) is 5.76 Å². The van der Waals surface area contributed by atoms with E-state index >= 15 is 0 Å². The van der Waals surface area contributed by atoms with Crippen molar-refractivity contribution in [2.45, 2.75) is 13.0 Å². The minimum Gasteiger partial charge on any atom is -0.467 e. The summed E-state index contributed by atoms with van der Waals surface area (Å²) in [5.74, 6) is 0.251. The zero-order valence-corrected chi connectivity index (χ0v) is 16.1. The molecular formula is C21H26N4O3. The van der Waals surface area contributed by atoms with E-state index in [1.54, 1.807) is 17.2 Å². The molecule has 7 heteroatoms. The smallest absolute Gasteiger partial charge is 0.227 e. The first kappa shape index (κ1) is 18.6. The summed E-state index contributed by atoms with van der Waals surface area (Å²) in [4.78, 5) is 31.3. The molecule has 148 valence electrons. The Hall–Kier alpha value is -2.80. The maximum absolute atomic E-state index is 12.5. The molecule has 2 aromatic rings. The Balaban J connectivity index is 1.35. The molecule has 2 amide bonds. The molecule has 1 atom stereocenters. The molecule has 28 heavy (non-hydrogen) atoms. The van der Waals surface area contributed by atoms with Crippen molar-refractivity contribution >= 4 is 23.2 Å². The highest BCUT2D eigenvalue weighted by Gasteiger charge is 2.35. The van der Waals surface area contributed by atoms with Gasteiger partial charge in [-0.15, -0.1) is 0 Å². The van der Waals surface area contributed by atoms with Crippen LogP contribution in [0.25, 0.3) is 0 Å². The second kappa shape index (κ2) is 8.06. The minimum atomic E-state index is -0.334. The molecule has 0 bridgehead atoms. The van der Waals surface area contributed by atoms with Crippen LogP contribution in [0.2, 0.25) is 0 Å². The number of carbonyl (C=O) groups excluding carboxylic acids is 2. The fraction of sp³-hybridized carbons (Fsp3) is 0.429. The van der Waals surface area contributed by atoms with Gasteiger partial charge in [-0.25, -0.2) is 0 Å². The van der Waals surface area contributed by atoms with Gasteiger partial charge in [0, 0.05) is 50.5 Å². The molecule has 4 rings (SSSR count). The molecule has 7 nitrogen and oxygen atoms in total. The van der Waals surface area contributed by atoms with Crippen LogP contribution in [0.15, 0.2) is 47.1 Å². The topological polar surface area (TPSA) is 69.0 Å². The number of nitrogens with one attached hydrogen (secondary N) is 1. The van der Waals surface area contributed by atoms with Gasteiger partial charge in [0.25, 0.3) is 0 Å². The summed E-state index contributed by atoms with van der Waals surface area (Å²) in [6.07, 6.45) is 1.82. The maximum atomic E-state index is 12.5. The average Bonchev–Trinajstić information content (AvgIpc) is 3.37. The molecule has 1 unspecified atom stereocenters. The van der Waals surface area contributed by atoms with E-state index in [-0.39, 0.29) is 24.2 Å². The lowest BCUT2D eigenvalue weighted by Crippen LogP contribution is -2.44. The van der Waals surface area contributed by atoms with E-state index in [0.29, 0.717) is 18.8 Å². The van der Waals surface area contributed by atoms with Crippen LogP contribution in [0, 0.1) is 5.92 Å². The molecule has 0 aliphatic carbocycles. The van der Waals surface area contributed by atoms with Crippen LogP contribution in [0.4, 0.5) is 11.4 Å². The SMILES string of the molecule is CN1CCN(c2ccc(N3CC(C(=O)NCc4ccco4)CC3=O)cc2)CC1. The van der Waals surface area contributed by atoms with Crippen molar-refractivity contribution in [1.82, 2.24) is 10.2 Å². The van der Waals surface area contributed by atoms with Gasteiger partial charge in [-0.1, -0.05) is 0 Å². The van der Waals surface area contributed by atoms with Crippen molar-refractivity contribution < 1.29 is 14.0 Å². The van der Waals surface area contributed by atoms with Crippen LogP contribution in [-0.2, 0) is 16.1 Å². The number of hydrogen-bond acceptors (Lipinski definition) is 5. The largest absolute Gasteiger partial charge is 0.467 e. The summed E-state index contributed by atoms with van der Waals surface area (Å²) in [6, 6.07) is 11.7. The standard InChI is InChI=1S/C21H26N4O3/c1-23-8-10-24(11-9-23)17-4-6-18(7-5-17)25-15-16(13-20(25)26)21(27)22-14-19-3-2-12-28-19/h2-7,12,16H,8-11,13-15H2,1H3,(H,22,27). The van der Waals surface area contributed by atoms with Gasteiger partial charge in [0.05, 0.1) is 18.7 Å². The summed E-state index contributed by atoms with van der Waals surface area (Å²) in [5.41, 5.74) is 2.03. The number of benzene rings is 1. The van der Waals surface area contributed by atoms with Crippen molar-refractivity contribution in [3.05, 3.63) is 48.4 Å². The number of anilines is 2. The fourth-order valence-electron chi connectivity index (χ4n) is 3.77. The van der Waals surface area contributed by atoms with E-state index in [4.69, 9.17) is 4.42 Å². The van der Waals surface area contributed by atoms with E-state index < -0.39 is 0 Å². The molecule has 0 spiro atoms. The van der Waals surface area contributed by atoms with Crippen molar-refractivity contribution in [1.29, 1.82) is 0 Å². The Labute approximate surface area is 164 Å². The lowest BCUT2D eigenvalue weighted by molar-refractivity contribution is -0.126. The minimum absolute atomic E-state index is 0.00880. The van der Waals surface area contributed by atoms with Crippen LogP contribution < -0.4 is 15.1 Å². The van der Waals surface area contributed by atoms with Gasteiger partial charge in [0.2, 0.25) is 11.8 Å². The molecule has 2 aliphatic heterocycles. The molecule has 0 saturated carbocycles. The van der Waals surface area contributed by atoms with Crippen molar-refractivity contribution in [2.24, 2.45) is 5.92 Å². The molecule has 2 fully saturated rings. The molecule has 1 N–H and O–H groups in total. The van der Waals surface area contributed by atoms with Crippen LogP contribution in [0.3, 0.4) is 0 Å². The van der Waals surface area contributed by atoms with E-state index in [0.717, 1.165) is 31.9 Å². The highest BCUT2D eigenvalue weighted by Crippen LogP contribution is 2.27. The molecule has 0 radical (unpaired) electrons. The van der Waals surface area contributed by atoms with E-state index in [1.165, 1.54) is 5.69 Å². The molecular weight excluding hydrogens is 356 g/mol. The second-order valence-electron chi connectivity index (χ2n) is 7.51. The Kier molecular flexibility index (Phi) is 5.34. The third-order valence-corrected chi connectivity index (χ3v) is 5.54. The molecule has 3 heterocycles. The number of nitrogens with zero attached hydrogens (tertiary/aromatic N) is 3.